The maximum Gasteiger partial charge on any atom is 0.331 e. The SMILES string of the molecule is C=C1[C@H]2C[C@@H]3[C@H]4N5C[C@]6(C)CCC[C@]47[C@H]([C@H]2O)[C@@]3(C[C@@]5(O)[C@H]67)[C@@H]1OC(=O)/C=C/c1ccccc1. The number of carbonyl (C=O) groups is 1. The first-order valence-electron chi connectivity index (χ1n) is 13.1. The number of piperidine rings is 2. The molecule has 3 saturated heterocycles. The zero-order valence-electron chi connectivity index (χ0n) is 19.7. The number of aliphatic hydroxyl groups excluding tert-OH is 1. The second kappa shape index (κ2) is 5.88. The van der Waals surface area contributed by atoms with E-state index in [4.69, 9.17) is 4.74 Å². The minimum Gasteiger partial charge on any atom is -0.454 e. The van der Waals surface area contributed by atoms with Gasteiger partial charge < -0.3 is 14.9 Å². The van der Waals surface area contributed by atoms with Crippen LogP contribution in [-0.4, -0.2) is 51.6 Å². The summed E-state index contributed by atoms with van der Waals surface area (Å²) < 4.78 is 6.26. The number of carbonyl (C=O) groups excluding carboxylic acids is 1. The van der Waals surface area contributed by atoms with Gasteiger partial charge in [-0.05, 0) is 53.2 Å². The highest BCUT2D eigenvalue weighted by Gasteiger charge is 2.93. The standard InChI is InChI=1S/C29H33NO4/c1-16-18-13-19-23-27-12-6-11-26(2)15-30(23)29(33,25(26)27)14-28(19,22(27)21(18)32)24(16)34-20(31)10-9-17-7-4-3-5-8-17/h3-5,7-10,18-19,21-25,32-33H,1,6,11-15H2,2H3/b10-9+/t18-,19-,21+,22+,23-,24-,25-,26+,27+,28+,29-/m1/s1. The Morgan fingerprint density at radius 1 is 1.24 bits per heavy atom. The van der Waals surface area contributed by atoms with E-state index >= 15 is 0 Å². The van der Waals surface area contributed by atoms with Crippen LogP contribution in [0.2, 0.25) is 0 Å². The van der Waals surface area contributed by atoms with Crippen molar-refractivity contribution in [1.29, 1.82) is 0 Å². The largest absolute Gasteiger partial charge is 0.454 e. The summed E-state index contributed by atoms with van der Waals surface area (Å²) in [6.45, 7) is 7.72. The van der Waals surface area contributed by atoms with Crippen LogP contribution in [0.1, 0.15) is 44.6 Å². The number of nitrogens with zero attached hydrogens (tertiary/aromatic N) is 1. The molecule has 6 saturated carbocycles. The molecule has 5 nitrogen and oxygen atoms in total. The average molecular weight is 460 g/mol. The van der Waals surface area contributed by atoms with Gasteiger partial charge in [-0.15, -0.1) is 0 Å². The van der Waals surface area contributed by atoms with Gasteiger partial charge in [0.05, 0.1) is 6.10 Å². The molecule has 9 aliphatic rings. The number of rotatable bonds is 3. The van der Waals surface area contributed by atoms with Crippen molar-refractivity contribution in [3.05, 3.63) is 54.1 Å². The molecule has 1 unspecified atom stereocenters. The van der Waals surface area contributed by atoms with E-state index in [0.717, 1.165) is 43.4 Å². The van der Waals surface area contributed by atoms with Crippen molar-refractivity contribution in [3.63, 3.8) is 0 Å². The molecule has 9 bridgehead atoms. The molecular formula is C29H33NO4. The number of aliphatic hydroxyl groups is 2. The first-order valence-corrected chi connectivity index (χ1v) is 13.1. The van der Waals surface area contributed by atoms with E-state index in [1.807, 2.05) is 30.3 Å². The summed E-state index contributed by atoms with van der Waals surface area (Å²) in [5, 5.41) is 24.1. The van der Waals surface area contributed by atoms with Gasteiger partial charge in [-0.3, -0.25) is 4.90 Å². The van der Waals surface area contributed by atoms with Gasteiger partial charge in [0.25, 0.3) is 0 Å². The van der Waals surface area contributed by atoms with Crippen LogP contribution in [0.25, 0.3) is 6.08 Å². The molecule has 3 heterocycles. The number of esters is 1. The molecular weight excluding hydrogens is 426 g/mol. The first kappa shape index (κ1) is 20.3. The molecule has 34 heavy (non-hydrogen) atoms. The van der Waals surface area contributed by atoms with Crippen molar-refractivity contribution in [3.8, 4) is 0 Å². The smallest absolute Gasteiger partial charge is 0.331 e. The Labute approximate surface area is 200 Å². The number of benzene rings is 1. The second-order valence-electron chi connectivity index (χ2n) is 12.8. The van der Waals surface area contributed by atoms with Crippen LogP contribution in [0.15, 0.2) is 48.6 Å². The van der Waals surface area contributed by atoms with Gasteiger partial charge in [0.15, 0.2) is 0 Å². The normalized spacial score (nSPS) is 57.1. The van der Waals surface area contributed by atoms with E-state index in [1.165, 1.54) is 6.08 Å². The zero-order chi connectivity index (χ0) is 23.3. The molecule has 9 fully saturated rings. The van der Waals surface area contributed by atoms with Crippen LogP contribution in [0.4, 0.5) is 0 Å². The summed E-state index contributed by atoms with van der Waals surface area (Å²) in [5.41, 5.74) is 0.614. The van der Waals surface area contributed by atoms with Crippen molar-refractivity contribution in [2.24, 2.45) is 39.9 Å². The molecule has 178 valence electrons. The van der Waals surface area contributed by atoms with Crippen molar-refractivity contribution < 1.29 is 19.7 Å². The third kappa shape index (κ3) is 1.88. The Morgan fingerprint density at radius 3 is 2.82 bits per heavy atom. The Hall–Kier alpha value is -1.95. The van der Waals surface area contributed by atoms with Gasteiger partial charge >= 0.3 is 5.97 Å². The monoisotopic (exact) mass is 459 g/mol. The number of hydrogen-bond donors (Lipinski definition) is 2. The quantitative estimate of drug-likeness (QED) is 0.412. The fourth-order valence-electron chi connectivity index (χ4n) is 11.6. The predicted molar refractivity (Wildman–Crippen MR) is 126 cm³/mol. The van der Waals surface area contributed by atoms with Crippen LogP contribution in [0, 0.1) is 39.9 Å². The van der Waals surface area contributed by atoms with Gasteiger partial charge in [0.2, 0.25) is 0 Å². The van der Waals surface area contributed by atoms with E-state index in [1.54, 1.807) is 6.08 Å². The van der Waals surface area contributed by atoms with E-state index in [0.29, 0.717) is 18.4 Å². The Bertz CT molecular complexity index is 1160. The van der Waals surface area contributed by atoms with E-state index in [9.17, 15) is 15.0 Å². The third-order valence-electron chi connectivity index (χ3n) is 11.8. The minimum absolute atomic E-state index is 0.0206. The number of hydrogen-bond acceptors (Lipinski definition) is 5. The number of fused-ring (bicyclic) bond motifs is 1. The predicted octanol–water partition coefficient (Wildman–Crippen LogP) is 3.38. The molecule has 2 N–H and O–H groups in total. The van der Waals surface area contributed by atoms with Crippen LogP contribution in [-0.2, 0) is 9.53 Å². The molecule has 3 aliphatic heterocycles. The Balaban J connectivity index is 1.22. The van der Waals surface area contributed by atoms with Crippen LogP contribution in [0.5, 0.6) is 0 Å². The summed E-state index contributed by atoms with van der Waals surface area (Å²) in [6.07, 6.45) is 7.32. The molecule has 5 heteroatoms. The highest BCUT2D eigenvalue weighted by Crippen LogP contribution is 2.89. The van der Waals surface area contributed by atoms with Crippen molar-refractivity contribution in [1.82, 2.24) is 4.90 Å². The maximum absolute atomic E-state index is 13.1. The topological polar surface area (TPSA) is 70.0 Å². The molecule has 10 rings (SSSR count). The minimum atomic E-state index is -0.846. The molecule has 0 radical (unpaired) electrons. The summed E-state index contributed by atoms with van der Waals surface area (Å²) in [5.74, 6) is 0.254. The summed E-state index contributed by atoms with van der Waals surface area (Å²) in [7, 11) is 0. The van der Waals surface area contributed by atoms with Gasteiger partial charge in [0, 0.05) is 48.3 Å². The highest BCUT2D eigenvalue weighted by molar-refractivity contribution is 5.87. The lowest BCUT2D eigenvalue weighted by Gasteiger charge is -2.67. The van der Waals surface area contributed by atoms with Crippen molar-refractivity contribution in [2.45, 2.75) is 63.0 Å². The number of ether oxygens (including phenoxy) is 1. The molecule has 12 atom stereocenters. The van der Waals surface area contributed by atoms with E-state index in [-0.39, 0.29) is 34.6 Å². The lowest BCUT2D eigenvalue weighted by atomic mass is 9.39. The van der Waals surface area contributed by atoms with Gasteiger partial charge in [-0.25, -0.2) is 4.79 Å². The van der Waals surface area contributed by atoms with Gasteiger partial charge in [-0.1, -0.05) is 50.3 Å². The molecule has 0 amide bonds. The Morgan fingerprint density at radius 2 is 2.03 bits per heavy atom. The zero-order valence-corrected chi connectivity index (χ0v) is 19.7. The van der Waals surface area contributed by atoms with Crippen LogP contribution in [0.3, 0.4) is 0 Å². The highest BCUT2D eigenvalue weighted by atomic mass is 16.5. The summed E-state index contributed by atoms with van der Waals surface area (Å²) in [6, 6.07) is 10.1. The van der Waals surface area contributed by atoms with Crippen LogP contribution < -0.4 is 0 Å². The first-order chi connectivity index (χ1) is 16.3. The Kier molecular flexibility index (Phi) is 3.50. The fraction of sp³-hybridized carbons (Fsp3) is 0.621. The molecule has 2 spiro atoms. The third-order valence-corrected chi connectivity index (χ3v) is 11.8. The fourth-order valence-corrected chi connectivity index (χ4v) is 11.6. The lowest BCUT2D eigenvalue weighted by molar-refractivity contribution is -0.274. The van der Waals surface area contributed by atoms with Crippen molar-refractivity contribution >= 4 is 12.0 Å². The van der Waals surface area contributed by atoms with Gasteiger partial charge in [0.1, 0.15) is 11.8 Å². The van der Waals surface area contributed by atoms with Gasteiger partial charge in [-0.2, -0.15) is 0 Å². The second-order valence-corrected chi connectivity index (χ2v) is 12.8. The average Bonchev–Trinajstić information content (AvgIpc) is 3.17. The van der Waals surface area contributed by atoms with Crippen LogP contribution >= 0.6 is 0 Å². The molecule has 0 aromatic heterocycles. The lowest BCUT2D eigenvalue weighted by Crippen LogP contribution is -2.72. The van der Waals surface area contributed by atoms with Crippen molar-refractivity contribution in [2.75, 3.05) is 6.54 Å². The maximum atomic E-state index is 13.1. The summed E-state index contributed by atoms with van der Waals surface area (Å²) in [4.78, 5) is 15.5. The molecule has 6 aliphatic carbocycles. The van der Waals surface area contributed by atoms with E-state index in [2.05, 4.69) is 18.4 Å². The molecule has 1 aromatic carbocycles. The summed E-state index contributed by atoms with van der Waals surface area (Å²) >= 11 is 0. The van der Waals surface area contributed by atoms with E-state index < -0.39 is 23.3 Å². The molecule has 1 aromatic rings.